The van der Waals surface area contributed by atoms with E-state index in [0.29, 0.717) is 23.6 Å². The number of aromatic nitrogens is 3. The second-order valence-electron chi connectivity index (χ2n) is 5.16. The molecule has 6 heteroatoms. The zero-order valence-electron chi connectivity index (χ0n) is 13.2. The first kappa shape index (κ1) is 15.6. The Morgan fingerprint density at radius 2 is 2.04 bits per heavy atom. The molecule has 0 radical (unpaired) electrons. The Kier molecular flexibility index (Phi) is 4.73. The molecule has 0 aliphatic carbocycles. The maximum atomic E-state index is 9.05. The number of para-hydroxylation sites is 1. The summed E-state index contributed by atoms with van der Waals surface area (Å²) in [5, 5.41) is 17.3. The van der Waals surface area contributed by atoms with Crippen LogP contribution in [-0.2, 0) is 13.2 Å². The molecule has 3 aromatic rings. The highest BCUT2D eigenvalue weighted by atomic mass is 16.5. The summed E-state index contributed by atoms with van der Waals surface area (Å²) in [7, 11) is 1.64. The van der Waals surface area contributed by atoms with Crippen LogP contribution < -0.4 is 9.47 Å². The molecule has 0 bridgehead atoms. The van der Waals surface area contributed by atoms with Gasteiger partial charge in [0.15, 0.2) is 0 Å². The van der Waals surface area contributed by atoms with Gasteiger partial charge in [0, 0.05) is 0 Å². The lowest BCUT2D eigenvalue weighted by atomic mass is 10.2. The quantitative estimate of drug-likeness (QED) is 0.698. The van der Waals surface area contributed by atoms with E-state index in [1.165, 1.54) is 0 Å². The molecule has 3 rings (SSSR count). The maximum absolute atomic E-state index is 9.05. The normalized spacial score (nSPS) is 10.2. The molecule has 0 saturated heterocycles. The van der Waals surface area contributed by atoms with Crippen LogP contribution in [0.2, 0.25) is 0 Å². The molecule has 120 valence electrons. The van der Waals surface area contributed by atoms with Gasteiger partial charge in [0.2, 0.25) is 0 Å². The SMILES string of the molecule is COc1cccc(Cn2cc(COc3ccccc3C#N)nn2)c1. The molecule has 0 aliphatic heterocycles. The van der Waals surface area contributed by atoms with Crippen LogP contribution in [-0.4, -0.2) is 22.1 Å². The lowest BCUT2D eigenvalue weighted by Crippen LogP contribution is -2.00. The van der Waals surface area contributed by atoms with E-state index in [1.54, 1.807) is 30.0 Å². The van der Waals surface area contributed by atoms with Crippen molar-refractivity contribution in [2.45, 2.75) is 13.2 Å². The maximum Gasteiger partial charge on any atom is 0.137 e. The van der Waals surface area contributed by atoms with Crippen LogP contribution in [0.1, 0.15) is 16.8 Å². The highest BCUT2D eigenvalue weighted by Crippen LogP contribution is 2.18. The molecule has 0 N–H and O–H groups in total. The van der Waals surface area contributed by atoms with E-state index >= 15 is 0 Å². The number of ether oxygens (including phenoxy) is 2. The predicted octanol–water partition coefficient (Wildman–Crippen LogP) is 2.79. The molecule has 0 atom stereocenters. The molecule has 1 aromatic heterocycles. The standard InChI is InChI=1S/C18H16N4O2/c1-23-17-7-4-5-14(9-17)11-22-12-16(20-21-22)13-24-18-8-3-2-6-15(18)10-19/h2-9,12H,11,13H2,1H3. The summed E-state index contributed by atoms with van der Waals surface area (Å²) in [6, 6.07) is 17.0. The topological polar surface area (TPSA) is 73.0 Å². The summed E-state index contributed by atoms with van der Waals surface area (Å²) in [5.41, 5.74) is 2.27. The lowest BCUT2D eigenvalue weighted by molar-refractivity contribution is 0.300. The van der Waals surface area contributed by atoms with Crippen molar-refractivity contribution in [1.82, 2.24) is 15.0 Å². The third-order valence-electron chi connectivity index (χ3n) is 3.45. The van der Waals surface area contributed by atoms with E-state index in [9.17, 15) is 0 Å². The van der Waals surface area contributed by atoms with Crippen LogP contribution in [0, 0.1) is 11.3 Å². The summed E-state index contributed by atoms with van der Waals surface area (Å²) >= 11 is 0. The molecule has 0 aliphatic rings. The Hall–Kier alpha value is -3.33. The molecule has 6 nitrogen and oxygen atoms in total. The van der Waals surface area contributed by atoms with Crippen LogP contribution in [0.3, 0.4) is 0 Å². The third-order valence-corrected chi connectivity index (χ3v) is 3.45. The lowest BCUT2D eigenvalue weighted by Gasteiger charge is -2.05. The van der Waals surface area contributed by atoms with Crippen molar-refractivity contribution >= 4 is 0 Å². The Labute approximate surface area is 139 Å². The van der Waals surface area contributed by atoms with Gasteiger partial charge >= 0.3 is 0 Å². The monoisotopic (exact) mass is 320 g/mol. The van der Waals surface area contributed by atoms with Gasteiger partial charge in [-0.15, -0.1) is 5.10 Å². The molecular formula is C18H16N4O2. The number of hydrogen-bond acceptors (Lipinski definition) is 5. The Morgan fingerprint density at radius 3 is 2.88 bits per heavy atom. The average Bonchev–Trinajstić information content (AvgIpc) is 3.07. The summed E-state index contributed by atoms with van der Waals surface area (Å²) < 4.78 is 12.6. The van der Waals surface area contributed by atoms with Gasteiger partial charge in [0.1, 0.15) is 29.9 Å². The van der Waals surface area contributed by atoms with Gasteiger partial charge in [-0.3, -0.25) is 0 Å². The summed E-state index contributed by atoms with van der Waals surface area (Å²) in [6.07, 6.45) is 1.83. The number of nitrogens with zero attached hydrogens (tertiary/aromatic N) is 4. The van der Waals surface area contributed by atoms with Crippen LogP contribution in [0.4, 0.5) is 0 Å². The number of nitriles is 1. The molecule has 0 unspecified atom stereocenters. The first-order valence-corrected chi connectivity index (χ1v) is 7.42. The van der Waals surface area contributed by atoms with Crippen LogP contribution in [0.25, 0.3) is 0 Å². The van der Waals surface area contributed by atoms with Gasteiger partial charge < -0.3 is 9.47 Å². The van der Waals surface area contributed by atoms with Gasteiger partial charge in [-0.25, -0.2) is 4.68 Å². The number of hydrogen-bond donors (Lipinski definition) is 0. The van der Waals surface area contributed by atoms with E-state index in [1.807, 2.05) is 36.5 Å². The third kappa shape index (κ3) is 3.70. The van der Waals surface area contributed by atoms with Crippen LogP contribution >= 0.6 is 0 Å². The predicted molar refractivity (Wildman–Crippen MR) is 87.6 cm³/mol. The summed E-state index contributed by atoms with van der Waals surface area (Å²) in [4.78, 5) is 0. The van der Waals surface area contributed by atoms with Crippen molar-refractivity contribution in [2.75, 3.05) is 7.11 Å². The van der Waals surface area contributed by atoms with E-state index in [4.69, 9.17) is 14.7 Å². The van der Waals surface area contributed by atoms with Gasteiger partial charge in [-0.05, 0) is 29.8 Å². The Morgan fingerprint density at radius 1 is 1.17 bits per heavy atom. The van der Waals surface area contributed by atoms with E-state index in [2.05, 4.69) is 16.4 Å². The summed E-state index contributed by atoms with van der Waals surface area (Å²) in [5.74, 6) is 1.35. The zero-order valence-corrected chi connectivity index (χ0v) is 13.2. The van der Waals surface area contributed by atoms with Gasteiger partial charge in [0.25, 0.3) is 0 Å². The number of benzene rings is 2. The van der Waals surface area contributed by atoms with E-state index in [0.717, 1.165) is 11.3 Å². The minimum Gasteiger partial charge on any atom is -0.497 e. The Bertz CT molecular complexity index is 867. The Balaban J connectivity index is 1.64. The smallest absolute Gasteiger partial charge is 0.137 e. The van der Waals surface area contributed by atoms with Crippen molar-refractivity contribution in [2.24, 2.45) is 0 Å². The van der Waals surface area contributed by atoms with Crippen molar-refractivity contribution in [1.29, 1.82) is 5.26 Å². The van der Waals surface area contributed by atoms with Crippen LogP contribution in [0.15, 0.2) is 54.7 Å². The van der Waals surface area contributed by atoms with Gasteiger partial charge in [-0.2, -0.15) is 5.26 Å². The van der Waals surface area contributed by atoms with Crippen molar-refractivity contribution in [3.05, 3.63) is 71.5 Å². The first-order valence-electron chi connectivity index (χ1n) is 7.42. The highest BCUT2D eigenvalue weighted by Gasteiger charge is 2.06. The average molecular weight is 320 g/mol. The van der Waals surface area contributed by atoms with Gasteiger partial charge in [0.05, 0.1) is 25.4 Å². The fourth-order valence-electron chi connectivity index (χ4n) is 2.28. The van der Waals surface area contributed by atoms with Crippen molar-refractivity contribution in [3.8, 4) is 17.6 Å². The largest absolute Gasteiger partial charge is 0.497 e. The molecule has 0 fully saturated rings. The minimum atomic E-state index is 0.261. The van der Waals surface area contributed by atoms with E-state index < -0.39 is 0 Å². The first-order chi connectivity index (χ1) is 11.8. The molecular weight excluding hydrogens is 304 g/mol. The fraction of sp³-hybridized carbons (Fsp3) is 0.167. The minimum absolute atomic E-state index is 0.261. The molecule has 24 heavy (non-hydrogen) atoms. The number of methoxy groups -OCH3 is 1. The molecule has 0 spiro atoms. The zero-order chi connectivity index (χ0) is 16.8. The molecule has 0 amide bonds. The van der Waals surface area contributed by atoms with E-state index in [-0.39, 0.29) is 6.61 Å². The van der Waals surface area contributed by atoms with Crippen molar-refractivity contribution < 1.29 is 9.47 Å². The van der Waals surface area contributed by atoms with Gasteiger partial charge in [-0.1, -0.05) is 29.5 Å². The molecule has 0 saturated carbocycles. The summed E-state index contributed by atoms with van der Waals surface area (Å²) in [6.45, 7) is 0.857. The molecule has 1 heterocycles. The second-order valence-corrected chi connectivity index (χ2v) is 5.16. The fourth-order valence-corrected chi connectivity index (χ4v) is 2.28. The van der Waals surface area contributed by atoms with Crippen LogP contribution in [0.5, 0.6) is 11.5 Å². The highest BCUT2D eigenvalue weighted by molar-refractivity contribution is 5.42. The van der Waals surface area contributed by atoms with Crippen molar-refractivity contribution in [3.63, 3.8) is 0 Å². The second kappa shape index (κ2) is 7.29. The number of rotatable bonds is 6. The molecule has 2 aromatic carbocycles.